The Balaban J connectivity index is 1.63. The van der Waals surface area contributed by atoms with E-state index in [-0.39, 0.29) is 30.1 Å². The first-order valence-corrected chi connectivity index (χ1v) is 11.5. The van der Waals surface area contributed by atoms with Crippen LogP contribution in [0.25, 0.3) is 0 Å². The van der Waals surface area contributed by atoms with E-state index in [4.69, 9.17) is 9.47 Å². The van der Waals surface area contributed by atoms with Gasteiger partial charge in [-0.05, 0) is 42.7 Å². The van der Waals surface area contributed by atoms with E-state index in [9.17, 15) is 23.3 Å². The van der Waals surface area contributed by atoms with Crippen LogP contribution in [0.4, 0.5) is 5.69 Å². The number of nitro benzene ring substituents is 1. The Morgan fingerprint density at radius 3 is 2.44 bits per heavy atom. The number of aryl methyl sites for hydroxylation is 1. The first-order valence-electron chi connectivity index (χ1n) is 9.91. The molecular formula is C21H25N3O7S. The lowest BCUT2D eigenvalue weighted by Crippen LogP contribution is -2.40. The number of nitrogens with one attached hydrogen (secondary N) is 1. The van der Waals surface area contributed by atoms with E-state index in [1.165, 1.54) is 29.6 Å². The summed E-state index contributed by atoms with van der Waals surface area (Å²) in [5.41, 5.74) is 2.22. The molecule has 32 heavy (non-hydrogen) atoms. The molecular weight excluding hydrogens is 438 g/mol. The molecule has 3 rings (SSSR count). The molecule has 0 aliphatic carbocycles. The van der Waals surface area contributed by atoms with Gasteiger partial charge in [0.25, 0.3) is 11.6 Å². The number of nitrogens with zero attached hydrogens (tertiary/aromatic N) is 2. The fourth-order valence-corrected chi connectivity index (χ4v) is 4.89. The first kappa shape index (κ1) is 23.5. The number of fused-ring (bicyclic) bond motifs is 1. The number of carbonyl (C=O) groups excluding carboxylic acids is 1. The summed E-state index contributed by atoms with van der Waals surface area (Å²) in [4.78, 5) is 22.8. The van der Waals surface area contributed by atoms with Gasteiger partial charge < -0.3 is 14.8 Å². The van der Waals surface area contributed by atoms with E-state index in [2.05, 4.69) is 5.32 Å². The van der Waals surface area contributed by atoms with Crippen molar-refractivity contribution >= 4 is 21.6 Å². The van der Waals surface area contributed by atoms with Crippen molar-refractivity contribution < 1.29 is 27.6 Å². The molecule has 0 bridgehead atoms. The summed E-state index contributed by atoms with van der Waals surface area (Å²) < 4.78 is 37.6. The number of ether oxygens (including phenoxy) is 2. The second-order valence-corrected chi connectivity index (χ2v) is 9.48. The van der Waals surface area contributed by atoms with Crippen LogP contribution in [0.15, 0.2) is 30.3 Å². The summed E-state index contributed by atoms with van der Waals surface area (Å²) in [6.07, 6.45) is 0.536. The van der Waals surface area contributed by atoms with Gasteiger partial charge >= 0.3 is 0 Å². The third-order valence-corrected chi connectivity index (χ3v) is 7.21. The third-order valence-electron chi connectivity index (χ3n) is 5.39. The maximum absolute atomic E-state index is 12.8. The molecule has 2 aromatic carbocycles. The number of sulfonamides is 1. The molecule has 2 aromatic rings. The predicted molar refractivity (Wildman–Crippen MR) is 118 cm³/mol. The molecule has 1 N–H and O–H groups in total. The van der Waals surface area contributed by atoms with Gasteiger partial charge in [0.15, 0.2) is 11.5 Å². The van der Waals surface area contributed by atoms with E-state index >= 15 is 0 Å². The van der Waals surface area contributed by atoms with Gasteiger partial charge in [-0.1, -0.05) is 6.07 Å². The smallest absolute Gasteiger partial charge is 0.273 e. The number of hydrogen-bond acceptors (Lipinski definition) is 7. The van der Waals surface area contributed by atoms with Gasteiger partial charge in [-0.15, -0.1) is 0 Å². The fourth-order valence-electron chi connectivity index (χ4n) is 3.57. The lowest BCUT2D eigenvalue weighted by molar-refractivity contribution is -0.385. The highest BCUT2D eigenvalue weighted by Crippen LogP contribution is 2.33. The van der Waals surface area contributed by atoms with Crippen LogP contribution < -0.4 is 14.8 Å². The Labute approximate surface area is 186 Å². The molecule has 1 heterocycles. The minimum Gasteiger partial charge on any atom is -0.493 e. The molecule has 0 unspecified atom stereocenters. The Morgan fingerprint density at radius 1 is 1.16 bits per heavy atom. The highest BCUT2D eigenvalue weighted by Gasteiger charge is 2.28. The SMILES string of the molecule is COc1cc2c(cc1OC)CN(S(=O)(=O)CCNC(=O)c1ccc(C)c([N+](=O)[O-])c1)CC2. The molecule has 0 saturated carbocycles. The van der Waals surface area contributed by atoms with Crippen molar-refractivity contribution in [1.29, 1.82) is 0 Å². The van der Waals surface area contributed by atoms with Crippen molar-refractivity contribution in [3.05, 3.63) is 62.7 Å². The minimum atomic E-state index is -3.63. The zero-order valence-electron chi connectivity index (χ0n) is 18.1. The molecule has 1 amide bonds. The molecule has 1 aliphatic rings. The summed E-state index contributed by atoms with van der Waals surface area (Å²) in [6.45, 7) is 1.99. The Morgan fingerprint density at radius 2 is 1.81 bits per heavy atom. The Bertz CT molecular complexity index is 1150. The molecule has 11 heteroatoms. The van der Waals surface area contributed by atoms with Crippen LogP contribution in [0.3, 0.4) is 0 Å². The third kappa shape index (κ3) is 5.00. The highest BCUT2D eigenvalue weighted by atomic mass is 32.2. The zero-order chi connectivity index (χ0) is 23.5. The van der Waals surface area contributed by atoms with E-state index < -0.39 is 20.9 Å². The standard InChI is InChI=1S/C21H25N3O7S/c1-14-4-5-16(10-18(14)24(26)27)21(25)22-7-9-32(28,29)23-8-6-15-11-19(30-2)20(31-3)12-17(15)13-23/h4-5,10-12H,6-9,13H2,1-3H3,(H,22,25). The van der Waals surface area contributed by atoms with Crippen LogP contribution in [0.5, 0.6) is 11.5 Å². The number of rotatable bonds is 8. The summed E-state index contributed by atoms with van der Waals surface area (Å²) in [7, 11) is -0.560. The lowest BCUT2D eigenvalue weighted by atomic mass is 10.0. The maximum Gasteiger partial charge on any atom is 0.273 e. The number of methoxy groups -OCH3 is 2. The molecule has 0 aromatic heterocycles. The van der Waals surface area contributed by atoms with Crippen molar-refractivity contribution in [3.8, 4) is 11.5 Å². The summed E-state index contributed by atoms with van der Waals surface area (Å²) in [6, 6.07) is 7.77. The van der Waals surface area contributed by atoms with E-state index in [1.54, 1.807) is 20.1 Å². The van der Waals surface area contributed by atoms with Gasteiger partial charge in [0.05, 0.1) is 24.9 Å². The second kappa shape index (κ2) is 9.53. The Hall–Kier alpha value is -3.18. The van der Waals surface area contributed by atoms with E-state index in [1.807, 2.05) is 6.07 Å². The molecule has 0 atom stereocenters. The normalized spacial score (nSPS) is 13.8. The van der Waals surface area contributed by atoms with Gasteiger partial charge in [-0.25, -0.2) is 8.42 Å². The van der Waals surface area contributed by atoms with Crippen molar-refractivity contribution in [2.24, 2.45) is 0 Å². The van der Waals surface area contributed by atoms with Crippen molar-refractivity contribution in [1.82, 2.24) is 9.62 Å². The summed E-state index contributed by atoms with van der Waals surface area (Å²) in [5, 5.41) is 13.6. The van der Waals surface area contributed by atoms with Gasteiger partial charge in [-0.2, -0.15) is 4.31 Å². The highest BCUT2D eigenvalue weighted by molar-refractivity contribution is 7.89. The van der Waals surface area contributed by atoms with E-state index in [0.29, 0.717) is 30.0 Å². The lowest BCUT2D eigenvalue weighted by Gasteiger charge is -2.29. The largest absolute Gasteiger partial charge is 0.493 e. The number of carbonyl (C=O) groups is 1. The molecule has 0 fully saturated rings. The number of benzene rings is 2. The van der Waals surface area contributed by atoms with Crippen molar-refractivity contribution in [2.75, 3.05) is 33.1 Å². The van der Waals surface area contributed by atoms with Crippen LogP contribution in [0, 0.1) is 17.0 Å². The van der Waals surface area contributed by atoms with Crippen molar-refractivity contribution in [3.63, 3.8) is 0 Å². The number of amides is 1. The minimum absolute atomic E-state index is 0.104. The van der Waals surface area contributed by atoms with Crippen LogP contribution in [0.2, 0.25) is 0 Å². The molecule has 0 radical (unpaired) electrons. The second-order valence-electron chi connectivity index (χ2n) is 7.39. The maximum atomic E-state index is 12.8. The molecule has 0 spiro atoms. The zero-order valence-corrected chi connectivity index (χ0v) is 18.9. The average Bonchev–Trinajstić information content (AvgIpc) is 2.77. The van der Waals surface area contributed by atoms with Crippen LogP contribution in [0.1, 0.15) is 27.0 Å². The van der Waals surface area contributed by atoms with Gasteiger partial charge in [0.1, 0.15) is 0 Å². The van der Waals surface area contributed by atoms with Crippen molar-refractivity contribution in [2.45, 2.75) is 19.9 Å². The quantitative estimate of drug-likeness (QED) is 0.469. The van der Waals surface area contributed by atoms with Gasteiger partial charge in [-0.3, -0.25) is 14.9 Å². The first-order chi connectivity index (χ1) is 15.2. The summed E-state index contributed by atoms with van der Waals surface area (Å²) in [5.74, 6) is 0.283. The van der Waals surface area contributed by atoms with Crippen LogP contribution in [-0.2, 0) is 23.0 Å². The van der Waals surface area contributed by atoms with Crippen LogP contribution >= 0.6 is 0 Å². The molecule has 172 valence electrons. The average molecular weight is 464 g/mol. The molecule has 10 nitrogen and oxygen atoms in total. The summed E-state index contributed by atoms with van der Waals surface area (Å²) >= 11 is 0. The van der Waals surface area contributed by atoms with Crippen LogP contribution in [-0.4, -0.2) is 56.6 Å². The predicted octanol–water partition coefficient (Wildman–Crippen LogP) is 2.04. The van der Waals surface area contributed by atoms with Gasteiger partial charge in [0, 0.05) is 36.8 Å². The van der Waals surface area contributed by atoms with Gasteiger partial charge in [0.2, 0.25) is 10.0 Å². The molecule has 0 saturated heterocycles. The number of hydrogen-bond donors (Lipinski definition) is 1. The van der Waals surface area contributed by atoms with E-state index in [0.717, 1.165) is 11.1 Å². The molecule has 1 aliphatic heterocycles. The Kier molecular flexibility index (Phi) is 6.99. The topological polar surface area (TPSA) is 128 Å². The fraction of sp³-hybridized carbons (Fsp3) is 0.381. The monoisotopic (exact) mass is 463 g/mol. The number of nitro groups is 1.